The number of thioether (sulfide) groups is 1. The first-order valence-electron chi connectivity index (χ1n) is 9.98. The second kappa shape index (κ2) is 9.78. The van der Waals surface area contributed by atoms with E-state index in [9.17, 15) is 4.79 Å². The molecule has 0 spiro atoms. The number of aromatic nitrogens is 2. The van der Waals surface area contributed by atoms with Crippen LogP contribution < -0.4 is 10.3 Å². The van der Waals surface area contributed by atoms with Gasteiger partial charge in [-0.1, -0.05) is 51.1 Å². The molecule has 0 atom stereocenters. The Morgan fingerprint density at radius 1 is 1.11 bits per heavy atom. The number of para-hydroxylation sites is 1. The van der Waals surface area contributed by atoms with Gasteiger partial charge in [0.1, 0.15) is 5.75 Å². The highest BCUT2D eigenvalue weighted by Gasteiger charge is 2.13. The molecule has 0 aliphatic heterocycles. The lowest BCUT2D eigenvalue weighted by Gasteiger charge is -2.14. The van der Waals surface area contributed by atoms with Gasteiger partial charge in [0.15, 0.2) is 5.16 Å². The maximum absolute atomic E-state index is 13.2. The van der Waals surface area contributed by atoms with Crippen LogP contribution in [0.1, 0.15) is 40.0 Å². The predicted octanol–water partition coefficient (Wildman–Crippen LogP) is 5.70. The molecular weight excluding hydrogens is 368 g/mol. The highest BCUT2D eigenvalue weighted by atomic mass is 32.2. The molecule has 0 unspecified atom stereocenters. The summed E-state index contributed by atoms with van der Waals surface area (Å²) in [5.74, 6) is 2.38. The Hall–Kier alpha value is -2.27. The van der Waals surface area contributed by atoms with Crippen molar-refractivity contribution < 1.29 is 4.74 Å². The van der Waals surface area contributed by atoms with Gasteiger partial charge in [-0.15, -0.1) is 0 Å². The van der Waals surface area contributed by atoms with Gasteiger partial charge in [-0.25, -0.2) is 4.98 Å². The number of ether oxygens (including phenoxy) is 1. The van der Waals surface area contributed by atoms with Crippen LogP contribution in [-0.2, 0) is 0 Å². The minimum atomic E-state index is -0.0303. The highest BCUT2D eigenvalue weighted by molar-refractivity contribution is 7.99. The summed E-state index contributed by atoms with van der Waals surface area (Å²) < 4.78 is 7.48. The quantitative estimate of drug-likeness (QED) is 0.264. The zero-order valence-corrected chi connectivity index (χ0v) is 17.7. The predicted molar refractivity (Wildman–Crippen MR) is 118 cm³/mol. The van der Waals surface area contributed by atoms with Crippen LogP contribution >= 0.6 is 11.8 Å². The Morgan fingerprint density at radius 3 is 2.57 bits per heavy atom. The topological polar surface area (TPSA) is 44.1 Å². The highest BCUT2D eigenvalue weighted by Crippen LogP contribution is 2.24. The van der Waals surface area contributed by atoms with Crippen LogP contribution in [0.3, 0.4) is 0 Å². The normalized spacial score (nSPS) is 11.3. The number of nitrogens with zero attached hydrogens (tertiary/aromatic N) is 2. The lowest BCUT2D eigenvalue weighted by atomic mass is 10.2. The average Bonchev–Trinajstić information content (AvgIpc) is 2.69. The van der Waals surface area contributed by atoms with Gasteiger partial charge in [0.05, 0.1) is 23.2 Å². The van der Waals surface area contributed by atoms with Gasteiger partial charge in [0.25, 0.3) is 5.56 Å². The van der Waals surface area contributed by atoms with Crippen LogP contribution in [0.4, 0.5) is 0 Å². The number of unbranched alkanes of at least 4 members (excludes halogenated alkanes) is 1. The maximum Gasteiger partial charge on any atom is 0.266 e. The minimum Gasteiger partial charge on any atom is -0.494 e. The van der Waals surface area contributed by atoms with Crippen molar-refractivity contribution in [2.24, 2.45) is 5.92 Å². The number of hydrogen-bond acceptors (Lipinski definition) is 4. The molecule has 4 nitrogen and oxygen atoms in total. The van der Waals surface area contributed by atoms with E-state index < -0.39 is 0 Å². The molecule has 0 N–H and O–H groups in total. The summed E-state index contributed by atoms with van der Waals surface area (Å²) in [6.07, 6.45) is 3.22. The molecule has 1 aromatic heterocycles. The zero-order valence-electron chi connectivity index (χ0n) is 16.9. The third-order valence-electron chi connectivity index (χ3n) is 4.53. The van der Waals surface area contributed by atoms with Crippen LogP contribution in [0.15, 0.2) is 58.5 Å². The summed E-state index contributed by atoms with van der Waals surface area (Å²) >= 11 is 1.64. The van der Waals surface area contributed by atoms with Crippen molar-refractivity contribution in [1.29, 1.82) is 0 Å². The standard InChI is InChI=1S/C23H28N2O2S/c1-4-5-15-27-19-12-10-18(11-13-19)25-22(26)20-8-6-7-9-21(20)24-23(25)28-16-14-17(2)3/h6-13,17H,4-5,14-16H2,1-3H3. The van der Waals surface area contributed by atoms with Crippen molar-refractivity contribution in [1.82, 2.24) is 9.55 Å². The van der Waals surface area contributed by atoms with Crippen LogP contribution in [-0.4, -0.2) is 21.9 Å². The first kappa shape index (κ1) is 20.5. The lowest BCUT2D eigenvalue weighted by Crippen LogP contribution is -2.21. The summed E-state index contributed by atoms with van der Waals surface area (Å²) in [6, 6.07) is 15.3. The molecule has 0 amide bonds. The van der Waals surface area contributed by atoms with Crippen molar-refractivity contribution in [2.75, 3.05) is 12.4 Å². The van der Waals surface area contributed by atoms with E-state index in [-0.39, 0.29) is 5.56 Å². The molecule has 28 heavy (non-hydrogen) atoms. The maximum atomic E-state index is 13.2. The monoisotopic (exact) mass is 396 g/mol. The van der Waals surface area contributed by atoms with Crippen LogP contribution in [0.5, 0.6) is 5.75 Å². The van der Waals surface area contributed by atoms with E-state index in [2.05, 4.69) is 20.8 Å². The van der Waals surface area contributed by atoms with Gasteiger partial charge in [-0.3, -0.25) is 9.36 Å². The second-order valence-corrected chi connectivity index (χ2v) is 8.34. The van der Waals surface area contributed by atoms with E-state index in [1.807, 2.05) is 48.5 Å². The molecule has 0 saturated heterocycles. The van der Waals surface area contributed by atoms with Crippen molar-refractivity contribution in [3.63, 3.8) is 0 Å². The first-order valence-corrected chi connectivity index (χ1v) is 11.0. The molecule has 0 aliphatic carbocycles. The van der Waals surface area contributed by atoms with E-state index >= 15 is 0 Å². The van der Waals surface area contributed by atoms with Crippen LogP contribution in [0.2, 0.25) is 0 Å². The molecule has 5 heteroatoms. The summed E-state index contributed by atoms with van der Waals surface area (Å²) in [5, 5.41) is 1.38. The second-order valence-electron chi connectivity index (χ2n) is 7.28. The largest absolute Gasteiger partial charge is 0.494 e. The minimum absolute atomic E-state index is 0.0303. The van der Waals surface area contributed by atoms with Crippen molar-refractivity contribution in [2.45, 2.75) is 45.2 Å². The number of benzene rings is 2. The molecule has 0 saturated carbocycles. The SMILES string of the molecule is CCCCOc1ccc(-n2c(SCCC(C)C)nc3ccccc3c2=O)cc1. The molecular formula is C23H28N2O2S. The summed E-state index contributed by atoms with van der Waals surface area (Å²) in [6.45, 7) is 7.27. The van der Waals surface area contributed by atoms with E-state index in [1.54, 1.807) is 16.3 Å². The molecule has 0 fully saturated rings. The van der Waals surface area contributed by atoms with E-state index in [4.69, 9.17) is 9.72 Å². The first-order chi connectivity index (χ1) is 13.6. The van der Waals surface area contributed by atoms with Gasteiger partial charge < -0.3 is 4.74 Å². The Kier molecular flexibility index (Phi) is 7.15. The molecule has 3 rings (SSSR count). The Balaban J connectivity index is 1.97. The van der Waals surface area contributed by atoms with Crippen LogP contribution in [0, 0.1) is 5.92 Å². The lowest BCUT2D eigenvalue weighted by molar-refractivity contribution is 0.309. The fourth-order valence-corrected chi connectivity index (χ4v) is 4.10. The molecule has 1 heterocycles. The average molecular weight is 397 g/mol. The molecule has 0 bridgehead atoms. The molecule has 0 radical (unpaired) electrons. The molecule has 2 aromatic carbocycles. The van der Waals surface area contributed by atoms with E-state index in [0.29, 0.717) is 17.9 Å². The summed E-state index contributed by atoms with van der Waals surface area (Å²) in [7, 11) is 0. The van der Waals surface area contributed by atoms with Gasteiger partial charge in [-0.2, -0.15) is 0 Å². The van der Waals surface area contributed by atoms with Gasteiger partial charge >= 0.3 is 0 Å². The fourth-order valence-electron chi connectivity index (χ4n) is 2.85. The molecule has 148 valence electrons. The van der Waals surface area contributed by atoms with Crippen LogP contribution in [0.25, 0.3) is 16.6 Å². The summed E-state index contributed by atoms with van der Waals surface area (Å²) in [5.41, 5.74) is 1.53. The van der Waals surface area contributed by atoms with E-state index in [1.165, 1.54) is 0 Å². The van der Waals surface area contributed by atoms with Gasteiger partial charge in [-0.05, 0) is 55.2 Å². The molecule has 0 aliphatic rings. The van der Waals surface area contributed by atoms with Gasteiger partial charge in [0.2, 0.25) is 0 Å². The summed E-state index contributed by atoms with van der Waals surface area (Å²) in [4.78, 5) is 18.0. The Labute approximate surface area is 171 Å². The van der Waals surface area contributed by atoms with Gasteiger partial charge in [0, 0.05) is 5.75 Å². The number of rotatable bonds is 9. The Bertz CT molecular complexity index is 964. The molecule has 3 aromatic rings. The third kappa shape index (κ3) is 4.96. The fraction of sp³-hybridized carbons (Fsp3) is 0.391. The smallest absolute Gasteiger partial charge is 0.266 e. The van der Waals surface area contributed by atoms with Crippen molar-refractivity contribution in [3.8, 4) is 11.4 Å². The zero-order chi connectivity index (χ0) is 19.9. The Morgan fingerprint density at radius 2 is 1.86 bits per heavy atom. The van der Waals surface area contributed by atoms with Crippen molar-refractivity contribution >= 4 is 22.7 Å². The number of hydrogen-bond donors (Lipinski definition) is 0. The van der Waals surface area contributed by atoms with Crippen molar-refractivity contribution in [3.05, 3.63) is 58.9 Å². The van der Waals surface area contributed by atoms with E-state index in [0.717, 1.165) is 47.1 Å². The number of fused-ring (bicyclic) bond motifs is 1. The third-order valence-corrected chi connectivity index (χ3v) is 5.50.